The van der Waals surface area contributed by atoms with Gasteiger partial charge in [-0.3, -0.25) is 4.90 Å². The number of anilines is 1. The molecule has 0 spiro atoms. The Kier molecular flexibility index (Phi) is 3.78. The summed E-state index contributed by atoms with van der Waals surface area (Å²) in [5.41, 5.74) is 6.84. The minimum Gasteiger partial charge on any atom is -0.384 e. The van der Waals surface area contributed by atoms with Crippen LogP contribution in [0.4, 0.5) is 5.82 Å². The molecule has 0 atom stereocenters. The van der Waals surface area contributed by atoms with Crippen LogP contribution in [0.5, 0.6) is 0 Å². The molecule has 0 unspecified atom stereocenters. The number of hydrogen-bond acceptors (Lipinski definition) is 3. The van der Waals surface area contributed by atoms with Gasteiger partial charge in [-0.15, -0.1) is 0 Å². The molecule has 0 radical (unpaired) electrons. The van der Waals surface area contributed by atoms with Crippen molar-refractivity contribution in [2.24, 2.45) is 5.92 Å². The number of hydrogen-bond donors (Lipinski definition) is 1. The first-order valence-corrected chi connectivity index (χ1v) is 6.20. The number of rotatable bonds is 3. The van der Waals surface area contributed by atoms with Gasteiger partial charge < -0.3 is 5.73 Å². The highest BCUT2D eigenvalue weighted by molar-refractivity contribution is 5.29. The van der Waals surface area contributed by atoms with Crippen LogP contribution >= 0.6 is 0 Å². The topological polar surface area (TPSA) is 42.1 Å². The summed E-state index contributed by atoms with van der Waals surface area (Å²) in [4.78, 5) is 6.64. The van der Waals surface area contributed by atoms with Crippen LogP contribution in [0, 0.1) is 5.92 Å². The highest BCUT2D eigenvalue weighted by Crippen LogP contribution is 2.21. The van der Waals surface area contributed by atoms with Crippen molar-refractivity contribution in [1.82, 2.24) is 9.88 Å². The van der Waals surface area contributed by atoms with E-state index in [0.717, 1.165) is 12.5 Å². The Hall–Kier alpha value is -1.09. The number of nitrogen functional groups attached to an aromatic ring is 1. The van der Waals surface area contributed by atoms with Crippen LogP contribution in [-0.4, -0.2) is 23.0 Å². The van der Waals surface area contributed by atoms with Crippen molar-refractivity contribution >= 4 is 5.82 Å². The molecule has 88 valence electrons. The highest BCUT2D eigenvalue weighted by atomic mass is 15.1. The van der Waals surface area contributed by atoms with Crippen molar-refractivity contribution in [3.05, 3.63) is 23.9 Å². The third kappa shape index (κ3) is 2.95. The normalized spacial score (nSPS) is 18.8. The van der Waals surface area contributed by atoms with Crippen molar-refractivity contribution in [3.63, 3.8) is 0 Å². The minimum absolute atomic E-state index is 0.605. The summed E-state index contributed by atoms with van der Waals surface area (Å²) < 4.78 is 0. The van der Waals surface area contributed by atoms with Crippen LogP contribution in [0.2, 0.25) is 0 Å². The van der Waals surface area contributed by atoms with E-state index in [4.69, 9.17) is 5.73 Å². The fraction of sp³-hybridized carbons (Fsp3) is 0.615. The highest BCUT2D eigenvalue weighted by Gasteiger charge is 2.17. The average molecular weight is 219 g/mol. The van der Waals surface area contributed by atoms with Gasteiger partial charge in [-0.2, -0.15) is 0 Å². The van der Waals surface area contributed by atoms with E-state index >= 15 is 0 Å². The zero-order valence-electron chi connectivity index (χ0n) is 10.0. The van der Waals surface area contributed by atoms with Crippen LogP contribution in [0.25, 0.3) is 0 Å². The second-order valence-corrected chi connectivity index (χ2v) is 4.72. The average Bonchev–Trinajstić information content (AvgIpc) is 2.33. The maximum atomic E-state index is 5.57. The fourth-order valence-electron chi connectivity index (χ4n) is 2.34. The van der Waals surface area contributed by atoms with Crippen LogP contribution in [0.15, 0.2) is 18.3 Å². The van der Waals surface area contributed by atoms with Crippen molar-refractivity contribution in [3.8, 4) is 0 Å². The summed E-state index contributed by atoms with van der Waals surface area (Å²) in [5, 5.41) is 0. The predicted octanol–water partition coefficient (Wildman–Crippen LogP) is 2.29. The van der Waals surface area contributed by atoms with Crippen molar-refractivity contribution in [2.75, 3.05) is 18.8 Å². The lowest BCUT2D eigenvalue weighted by atomic mass is 9.94. The number of piperidine rings is 1. The molecule has 0 saturated carbocycles. The Balaban J connectivity index is 1.84. The third-order valence-corrected chi connectivity index (χ3v) is 3.54. The molecule has 2 N–H and O–H groups in total. The van der Waals surface area contributed by atoms with Gasteiger partial charge in [0.15, 0.2) is 0 Å². The van der Waals surface area contributed by atoms with E-state index in [0.29, 0.717) is 5.82 Å². The smallest absolute Gasteiger partial charge is 0.123 e. The lowest BCUT2D eigenvalue weighted by molar-refractivity contribution is 0.175. The monoisotopic (exact) mass is 219 g/mol. The molecule has 0 amide bonds. The maximum absolute atomic E-state index is 5.57. The zero-order chi connectivity index (χ0) is 11.4. The molecule has 2 rings (SSSR count). The molecule has 0 aliphatic carbocycles. The molecule has 1 fully saturated rings. The van der Waals surface area contributed by atoms with Crippen LogP contribution in [0.3, 0.4) is 0 Å². The molecule has 0 aromatic carbocycles. The molecule has 0 bridgehead atoms. The van der Waals surface area contributed by atoms with Gasteiger partial charge in [0.2, 0.25) is 0 Å². The number of nitrogens with zero attached hydrogens (tertiary/aromatic N) is 2. The Morgan fingerprint density at radius 1 is 1.38 bits per heavy atom. The van der Waals surface area contributed by atoms with Gasteiger partial charge in [0, 0.05) is 12.7 Å². The summed E-state index contributed by atoms with van der Waals surface area (Å²) in [6.45, 7) is 5.76. The molecule has 1 aliphatic heterocycles. The molecular formula is C13H21N3. The molecule has 3 nitrogen and oxygen atoms in total. The molecular weight excluding hydrogens is 198 g/mol. The third-order valence-electron chi connectivity index (χ3n) is 3.54. The van der Waals surface area contributed by atoms with Gasteiger partial charge in [0.05, 0.1) is 0 Å². The summed E-state index contributed by atoms with van der Waals surface area (Å²) in [6.07, 6.45) is 5.91. The summed E-state index contributed by atoms with van der Waals surface area (Å²) in [7, 11) is 0. The van der Waals surface area contributed by atoms with Crippen LogP contribution in [-0.2, 0) is 6.54 Å². The van der Waals surface area contributed by atoms with Crippen molar-refractivity contribution < 1.29 is 0 Å². The predicted molar refractivity (Wildman–Crippen MR) is 66.9 cm³/mol. The SMILES string of the molecule is CCC1CCN(Cc2ccc(N)nc2)CC1. The van der Waals surface area contributed by atoms with Gasteiger partial charge in [0.25, 0.3) is 0 Å². The van der Waals surface area contributed by atoms with Gasteiger partial charge in [-0.05, 0) is 43.5 Å². The van der Waals surface area contributed by atoms with E-state index < -0.39 is 0 Å². The number of nitrogens with two attached hydrogens (primary N) is 1. The molecule has 16 heavy (non-hydrogen) atoms. The van der Waals surface area contributed by atoms with Crippen LogP contribution in [0.1, 0.15) is 31.7 Å². The number of likely N-dealkylation sites (tertiary alicyclic amines) is 1. The van der Waals surface area contributed by atoms with Gasteiger partial charge in [0.1, 0.15) is 5.82 Å². The van der Waals surface area contributed by atoms with Crippen molar-refractivity contribution in [2.45, 2.75) is 32.7 Å². The number of aromatic nitrogens is 1. The maximum Gasteiger partial charge on any atom is 0.123 e. The number of pyridine rings is 1. The lowest BCUT2D eigenvalue weighted by Crippen LogP contribution is -2.33. The van der Waals surface area contributed by atoms with Gasteiger partial charge >= 0.3 is 0 Å². The standard InChI is InChI=1S/C13H21N3/c1-2-11-5-7-16(8-6-11)10-12-3-4-13(14)15-9-12/h3-4,9,11H,2,5-8,10H2,1H3,(H2,14,15). The summed E-state index contributed by atoms with van der Waals surface area (Å²) >= 11 is 0. The van der Waals surface area contributed by atoms with Gasteiger partial charge in [-0.25, -0.2) is 4.98 Å². The van der Waals surface area contributed by atoms with Crippen molar-refractivity contribution in [1.29, 1.82) is 0 Å². The molecule has 1 saturated heterocycles. The first kappa shape index (κ1) is 11.4. The molecule has 2 heterocycles. The Bertz CT molecular complexity index is 312. The molecule has 3 heteroatoms. The second kappa shape index (κ2) is 5.30. The van der Waals surface area contributed by atoms with E-state index in [1.165, 1.54) is 37.9 Å². The molecule has 1 aromatic rings. The summed E-state index contributed by atoms with van der Waals surface area (Å²) in [6, 6.07) is 3.96. The minimum atomic E-state index is 0.605. The van der Waals surface area contributed by atoms with Crippen LogP contribution < -0.4 is 5.73 Å². The van der Waals surface area contributed by atoms with E-state index in [1.54, 1.807) is 0 Å². The Morgan fingerprint density at radius 2 is 2.12 bits per heavy atom. The summed E-state index contributed by atoms with van der Waals surface area (Å²) in [5.74, 6) is 1.55. The van der Waals surface area contributed by atoms with E-state index in [9.17, 15) is 0 Å². The molecule has 1 aliphatic rings. The first-order valence-electron chi connectivity index (χ1n) is 6.20. The molecule has 1 aromatic heterocycles. The largest absolute Gasteiger partial charge is 0.384 e. The Morgan fingerprint density at radius 3 is 2.69 bits per heavy atom. The Labute approximate surface area is 97.7 Å². The van der Waals surface area contributed by atoms with E-state index in [1.807, 2.05) is 12.3 Å². The fourth-order valence-corrected chi connectivity index (χ4v) is 2.34. The van der Waals surface area contributed by atoms with E-state index in [2.05, 4.69) is 22.9 Å². The zero-order valence-corrected chi connectivity index (χ0v) is 10.0. The first-order chi connectivity index (χ1) is 7.78. The quantitative estimate of drug-likeness (QED) is 0.848. The van der Waals surface area contributed by atoms with E-state index in [-0.39, 0.29) is 0 Å². The van der Waals surface area contributed by atoms with Gasteiger partial charge in [-0.1, -0.05) is 19.4 Å². The second-order valence-electron chi connectivity index (χ2n) is 4.72. The lowest BCUT2D eigenvalue weighted by Gasteiger charge is -2.31.